The van der Waals surface area contributed by atoms with Crippen molar-refractivity contribution in [3.63, 3.8) is 0 Å². The molecule has 2 aliphatic heterocycles. The van der Waals surface area contributed by atoms with Crippen molar-refractivity contribution in [2.75, 3.05) is 53.6 Å². The normalized spacial score (nSPS) is 21.9. The molecule has 0 saturated carbocycles. The van der Waals surface area contributed by atoms with Crippen LogP contribution in [0.15, 0.2) is 30.3 Å². The fourth-order valence-electron chi connectivity index (χ4n) is 3.87. The largest absolute Gasteiger partial charge is 0.483 e. The summed E-state index contributed by atoms with van der Waals surface area (Å²) in [5.41, 5.74) is 0.662. The van der Waals surface area contributed by atoms with Crippen molar-refractivity contribution in [2.45, 2.75) is 24.3 Å². The summed E-state index contributed by atoms with van der Waals surface area (Å²) < 4.78 is 11.2. The molecule has 0 spiro atoms. The summed E-state index contributed by atoms with van der Waals surface area (Å²) in [5.74, 6) is 0.243. The van der Waals surface area contributed by atoms with Crippen LogP contribution >= 0.6 is 0 Å². The number of morpholine rings is 1. The fourth-order valence-corrected chi connectivity index (χ4v) is 3.87. The number of benzene rings is 1. The molecule has 150 valence electrons. The molecule has 0 bridgehead atoms. The molecule has 2 saturated heterocycles. The number of carbonyl (C=O) groups excluding carboxylic acids is 1. The third-order valence-corrected chi connectivity index (χ3v) is 5.15. The molecule has 0 radical (unpaired) electrons. The Kier molecular flexibility index (Phi) is 8.22. The molecule has 2 fully saturated rings. The number of carboxylic acid groups (broad SMARTS) is 1. The van der Waals surface area contributed by atoms with Crippen LogP contribution in [-0.2, 0) is 24.5 Å². The Morgan fingerprint density at radius 1 is 1.22 bits per heavy atom. The Balaban J connectivity index is 0.000000817. The van der Waals surface area contributed by atoms with Gasteiger partial charge in [0, 0.05) is 26.3 Å². The second-order valence-corrected chi connectivity index (χ2v) is 7.16. The van der Waals surface area contributed by atoms with Gasteiger partial charge in [-0.1, -0.05) is 30.3 Å². The molecule has 27 heavy (non-hydrogen) atoms. The van der Waals surface area contributed by atoms with Gasteiger partial charge in [-0.25, -0.2) is 0 Å². The first-order chi connectivity index (χ1) is 13.0. The lowest BCUT2D eigenvalue weighted by Gasteiger charge is -2.45. The van der Waals surface area contributed by atoms with Crippen molar-refractivity contribution < 1.29 is 24.2 Å². The quantitative estimate of drug-likeness (QED) is 0.794. The summed E-state index contributed by atoms with van der Waals surface area (Å²) in [6, 6.07) is 10.3. The highest BCUT2D eigenvalue weighted by Crippen LogP contribution is 2.37. The molecule has 1 N–H and O–H groups in total. The summed E-state index contributed by atoms with van der Waals surface area (Å²) in [6.45, 7) is 3.77. The zero-order valence-electron chi connectivity index (χ0n) is 16.2. The zero-order chi connectivity index (χ0) is 19.7. The van der Waals surface area contributed by atoms with Crippen LogP contribution in [0.2, 0.25) is 0 Å². The summed E-state index contributed by atoms with van der Waals surface area (Å²) in [7, 11) is 4.08. The summed E-state index contributed by atoms with van der Waals surface area (Å²) in [6.07, 6.45) is 1.50. The van der Waals surface area contributed by atoms with E-state index in [0.717, 1.165) is 24.9 Å². The lowest BCUT2D eigenvalue weighted by molar-refractivity contribution is -0.150. The van der Waals surface area contributed by atoms with Gasteiger partial charge in [-0.05, 0) is 32.5 Å². The van der Waals surface area contributed by atoms with E-state index in [1.807, 2.05) is 32.3 Å². The Morgan fingerprint density at radius 2 is 1.85 bits per heavy atom. The molecule has 7 heteroatoms. The number of ether oxygens (including phenoxy) is 2. The van der Waals surface area contributed by atoms with Crippen LogP contribution in [0.25, 0.3) is 0 Å². The molecule has 7 nitrogen and oxygen atoms in total. The Hall–Kier alpha value is -1.96. The number of amides is 1. The van der Waals surface area contributed by atoms with Crippen molar-refractivity contribution in [3.05, 3.63) is 35.9 Å². The van der Waals surface area contributed by atoms with Gasteiger partial charge in [0.2, 0.25) is 5.91 Å². The van der Waals surface area contributed by atoms with E-state index in [1.165, 1.54) is 0 Å². The zero-order valence-corrected chi connectivity index (χ0v) is 16.2. The van der Waals surface area contributed by atoms with E-state index in [4.69, 9.17) is 19.4 Å². The SMILES string of the molecule is CN(C)CC1COCCN1C(=O)C1(c2ccccc2)CCOCC1.O=CO. The molecule has 1 unspecified atom stereocenters. The minimum absolute atomic E-state index is 0.115. The maximum Gasteiger partial charge on any atom is 0.290 e. The third-order valence-electron chi connectivity index (χ3n) is 5.15. The van der Waals surface area contributed by atoms with Crippen molar-refractivity contribution in [1.29, 1.82) is 0 Å². The molecule has 1 aromatic rings. The van der Waals surface area contributed by atoms with Crippen molar-refractivity contribution in [1.82, 2.24) is 9.80 Å². The summed E-state index contributed by atoms with van der Waals surface area (Å²) in [5, 5.41) is 6.89. The van der Waals surface area contributed by atoms with E-state index >= 15 is 0 Å². The predicted octanol–water partition coefficient (Wildman–Crippen LogP) is 1.22. The number of hydrogen-bond donors (Lipinski definition) is 1. The van der Waals surface area contributed by atoms with Crippen LogP contribution in [0, 0.1) is 0 Å². The molecule has 1 amide bonds. The van der Waals surface area contributed by atoms with Gasteiger partial charge >= 0.3 is 0 Å². The molecular weight excluding hydrogens is 348 g/mol. The van der Waals surface area contributed by atoms with Crippen molar-refractivity contribution in [3.8, 4) is 0 Å². The molecule has 2 heterocycles. The van der Waals surface area contributed by atoms with E-state index in [0.29, 0.717) is 33.0 Å². The number of carbonyl (C=O) groups is 2. The molecule has 3 rings (SSSR count). The molecule has 2 aliphatic rings. The van der Waals surface area contributed by atoms with Gasteiger partial charge in [0.05, 0.1) is 24.7 Å². The highest BCUT2D eigenvalue weighted by molar-refractivity contribution is 5.89. The number of nitrogens with zero attached hydrogens (tertiary/aromatic N) is 2. The lowest BCUT2D eigenvalue weighted by atomic mass is 9.72. The number of rotatable bonds is 4. The molecular formula is C20H30N2O5. The first-order valence-electron chi connectivity index (χ1n) is 9.30. The van der Waals surface area contributed by atoms with E-state index in [1.54, 1.807) is 0 Å². The third kappa shape index (κ3) is 5.28. The van der Waals surface area contributed by atoms with Crippen LogP contribution < -0.4 is 0 Å². The van der Waals surface area contributed by atoms with E-state index < -0.39 is 5.41 Å². The first kappa shape index (κ1) is 21.3. The van der Waals surface area contributed by atoms with Gasteiger partial charge in [-0.15, -0.1) is 0 Å². The maximum absolute atomic E-state index is 13.7. The maximum atomic E-state index is 13.7. The van der Waals surface area contributed by atoms with Gasteiger partial charge in [0.25, 0.3) is 6.47 Å². The summed E-state index contributed by atoms with van der Waals surface area (Å²) in [4.78, 5) is 26.2. The van der Waals surface area contributed by atoms with Crippen molar-refractivity contribution in [2.24, 2.45) is 0 Å². The fraction of sp³-hybridized carbons (Fsp3) is 0.600. The monoisotopic (exact) mass is 378 g/mol. The molecule has 1 aromatic carbocycles. The molecule has 0 aromatic heterocycles. The number of hydrogen-bond acceptors (Lipinski definition) is 5. The first-order valence-corrected chi connectivity index (χ1v) is 9.30. The van der Waals surface area contributed by atoms with E-state index in [9.17, 15) is 4.79 Å². The Bertz CT molecular complexity index is 587. The van der Waals surface area contributed by atoms with E-state index in [2.05, 4.69) is 21.9 Å². The Labute approximate surface area is 160 Å². The average Bonchev–Trinajstić information content (AvgIpc) is 2.69. The van der Waals surface area contributed by atoms with Crippen molar-refractivity contribution >= 4 is 12.4 Å². The average molecular weight is 378 g/mol. The predicted molar refractivity (Wildman–Crippen MR) is 102 cm³/mol. The van der Waals surface area contributed by atoms with Crippen LogP contribution in [0.5, 0.6) is 0 Å². The Morgan fingerprint density at radius 3 is 2.44 bits per heavy atom. The van der Waals surface area contributed by atoms with Crippen LogP contribution in [-0.4, -0.2) is 86.9 Å². The highest BCUT2D eigenvalue weighted by atomic mass is 16.5. The van der Waals surface area contributed by atoms with E-state index in [-0.39, 0.29) is 18.4 Å². The summed E-state index contributed by atoms with van der Waals surface area (Å²) >= 11 is 0. The van der Waals surface area contributed by atoms with Crippen LogP contribution in [0.4, 0.5) is 0 Å². The van der Waals surface area contributed by atoms with Gasteiger partial charge in [0.1, 0.15) is 0 Å². The van der Waals surface area contributed by atoms with Crippen LogP contribution in [0.1, 0.15) is 18.4 Å². The van der Waals surface area contributed by atoms with Gasteiger partial charge in [-0.2, -0.15) is 0 Å². The topological polar surface area (TPSA) is 79.3 Å². The standard InChI is InChI=1S/C19H28N2O3.CH2O2/c1-20(2)14-17-15-24-13-10-21(17)18(22)19(8-11-23-12-9-19)16-6-4-3-5-7-16;2-1-3/h3-7,17H,8-15H2,1-2H3;1H,(H,2,3). The minimum atomic E-state index is -0.457. The smallest absolute Gasteiger partial charge is 0.290 e. The lowest BCUT2D eigenvalue weighted by Crippen LogP contribution is -2.59. The van der Waals surface area contributed by atoms with Gasteiger partial charge in [-0.3, -0.25) is 9.59 Å². The van der Waals surface area contributed by atoms with Gasteiger partial charge in [0.15, 0.2) is 0 Å². The molecule has 0 aliphatic carbocycles. The second kappa shape index (κ2) is 10.4. The number of likely N-dealkylation sites (N-methyl/N-ethyl adjacent to an activating group) is 1. The molecule has 1 atom stereocenters. The second-order valence-electron chi connectivity index (χ2n) is 7.16. The highest BCUT2D eigenvalue weighted by Gasteiger charge is 2.46. The van der Waals surface area contributed by atoms with Crippen LogP contribution in [0.3, 0.4) is 0 Å². The minimum Gasteiger partial charge on any atom is -0.483 e. The van der Waals surface area contributed by atoms with Gasteiger partial charge < -0.3 is 24.4 Å².